The van der Waals surface area contributed by atoms with Gasteiger partial charge in [0, 0.05) is 24.3 Å². The number of ether oxygens (including phenoxy) is 4. The van der Waals surface area contributed by atoms with Crippen LogP contribution < -0.4 is 0 Å². The van der Waals surface area contributed by atoms with E-state index in [0.717, 1.165) is 12.2 Å². The van der Waals surface area contributed by atoms with Gasteiger partial charge in [-0.2, -0.15) is 0 Å². The van der Waals surface area contributed by atoms with Crippen LogP contribution in [0.5, 0.6) is 0 Å². The molecule has 0 spiro atoms. The standard InChI is InChI=1S/C16H20O8/c1-3-5-13(17)21-9-11-23-15(19)7-8-16(20)24-12-10-22-14(18)6-4-2/h3-8H,9-12H2,1-2H3/b5-3?,6-4?,8-7-. The summed E-state index contributed by atoms with van der Waals surface area (Å²) in [6, 6.07) is 0. The van der Waals surface area contributed by atoms with Crippen LogP contribution in [0.3, 0.4) is 0 Å². The monoisotopic (exact) mass is 340 g/mol. The first-order chi connectivity index (χ1) is 11.5. The highest BCUT2D eigenvalue weighted by molar-refractivity contribution is 5.91. The van der Waals surface area contributed by atoms with E-state index in [1.807, 2.05) is 0 Å². The van der Waals surface area contributed by atoms with Crippen molar-refractivity contribution in [2.24, 2.45) is 0 Å². The third-order valence-electron chi connectivity index (χ3n) is 2.10. The fourth-order valence-corrected chi connectivity index (χ4v) is 1.17. The number of hydrogen-bond donors (Lipinski definition) is 0. The SMILES string of the molecule is CC=CC(=O)OCCOC(=O)/C=C\C(=O)OCCOC(=O)C=CC. The summed E-state index contributed by atoms with van der Waals surface area (Å²) in [7, 11) is 0. The summed E-state index contributed by atoms with van der Waals surface area (Å²) in [5, 5.41) is 0. The number of rotatable bonds is 10. The lowest BCUT2D eigenvalue weighted by atomic mass is 10.5. The molecule has 0 aliphatic carbocycles. The zero-order valence-electron chi connectivity index (χ0n) is 13.6. The van der Waals surface area contributed by atoms with Gasteiger partial charge in [0.25, 0.3) is 0 Å². The normalized spacial score (nSPS) is 10.9. The van der Waals surface area contributed by atoms with Crippen molar-refractivity contribution in [1.82, 2.24) is 0 Å². The van der Waals surface area contributed by atoms with E-state index in [-0.39, 0.29) is 26.4 Å². The molecule has 0 aliphatic heterocycles. The first-order valence-electron chi connectivity index (χ1n) is 7.10. The van der Waals surface area contributed by atoms with Crippen LogP contribution in [0, 0.1) is 0 Å². The van der Waals surface area contributed by atoms with Crippen LogP contribution in [0.15, 0.2) is 36.5 Å². The van der Waals surface area contributed by atoms with Crippen LogP contribution >= 0.6 is 0 Å². The molecule has 0 saturated heterocycles. The van der Waals surface area contributed by atoms with Gasteiger partial charge in [0.15, 0.2) is 0 Å². The van der Waals surface area contributed by atoms with Crippen molar-refractivity contribution < 1.29 is 38.1 Å². The molecule has 0 aliphatic rings. The Morgan fingerprint density at radius 1 is 0.542 bits per heavy atom. The van der Waals surface area contributed by atoms with Gasteiger partial charge in [-0.25, -0.2) is 19.2 Å². The van der Waals surface area contributed by atoms with Gasteiger partial charge < -0.3 is 18.9 Å². The summed E-state index contributed by atoms with van der Waals surface area (Å²) in [6.45, 7) is 2.87. The molecule has 0 aromatic carbocycles. The zero-order valence-corrected chi connectivity index (χ0v) is 13.6. The summed E-state index contributed by atoms with van der Waals surface area (Å²) in [5.41, 5.74) is 0. The number of allylic oxidation sites excluding steroid dienone is 2. The minimum absolute atomic E-state index is 0.0925. The van der Waals surface area contributed by atoms with E-state index in [9.17, 15) is 19.2 Å². The highest BCUT2D eigenvalue weighted by atomic mass is 16.6. The molecule has 0 atom stereocenters. The largest absolute Gasteiger partial charge is 0.459 e. The third kappa shape index (κ3) is 12.8. The second-order valence-electron chi connectivity index (χ2n) is 4.00. The summed E-state index contributed by atoms with van der Waals surface area (Å²) >= 11 is 0. The Labute approximate surface area is 139 Å². The Morgan fingerprint density at radius 2 is 0.792 bits per heavy atom. The maximum absolute atomic E-state index is 11.3. The molecule has 0 N–H and O–H groups in total. The molecule has 0 amide bonds. The lowest BCUT2D eigenvalue weighted by Crippen LogP contribution is -2.13. The number of hydrogen-bond acceptors (Lipinski definition) is 8. The van der Waals surface area contributed by atoms with E-state index in [1.165, 1.54) is 24.3 Å². The summed E-state index contributed by atoms with van der Waals surface area (Å²) in [6.07, 6.45) is 7.25. The fourth-order valence-electron chi connectivity index (χ4n) is 1.17. The van der Waals surface area contributed by atoms with E-state index in [0.29, 0.717) is 0 Å². The van der Waals surface area contributed by atoms with Crippen molar-refractivity contribution in [1.29, 1.82) is 0 Å². The van der Waals surface area contributed by atoms with E-state index >= 15 is 0 Å². The minimum Gasteiger partial charge on any atom is -0.459 e. The zero-order chi connectivity index (χ0) is 18.2. The van der Waals surface area contributed by atoms with Crippen molar-refractivity contribution in [2.45, 2.75) is 13.8 Å². The van der Waals surface area contributed by atoms with Crippen molar-refractivity contribution >= 4 is 23.9 Å². The predicted octanol–water partition coefficient (Wildman–Crippen LogP) is 0.868. The number of carbonyl (C=O) groups is 4. The number of esters is 4. The third-order valence-corrected chi connectivity index (χ3v) is 2.10. The van der Waals surface area contributed by atoms with E-state index in [4.69, 9.17) is 18.9 Å². The van der Waals surface area contributed by atoms with Crippen LogP contribution in [0.2, 0.25) is 0 Å². The van der Waals surface area contributed by atoms with Gasteiger partial charge >= 0.3 is 23.9 Å². The van der Waals surface area contributed by atoms with E-state index < -0.39 is 23.9 Å². The van der Waals surface area contributed by atoms with Crippen molar-refractivity contribution in [3.63, 3.8) is 0 Å². The fraction of sp³-hybridized carbons (Fsp3) is 0.375. The van der Waals surface area contributed by atoms with Crippen molar-refractivity contribution in [2.75, 3.05) is 26.4 Å². The summed E-state index contributed by atoms with van der Waals surface area (Å²) in [5.74, 6) is -2.65. The Hall–Kier alpha value is -2.90. The molecule has 0 rings (SSSR count). The van der Waals surface area contributed by atoms with Gasteiger partial charge in [0.05, 0.1) is 0 Å². The molecule has 0 heterocycles. The van der Waals surface area contributed by atoms with Gasteiger partial charge in [-0.05, 0) is 13.8 Å². The smallest absolute Gasteiger partial charge is 0.331 e. The topological polar surface area (TPSA) is 105 Å². The lowest BCUT2D eigenvalue weighted by molar-refractivity contribution is -0.147. The maximum Gasteiger partial charge on any atom is 0.331 e. The van der Waals surface area contributed by atoms with Crippen LogP contribution in [0.1, 0.15) is 13.8 Å². The molecule has 0 radical (unpaired) electrons. The Morgan fingerprint density at radius 3 is 1.04 bits per heavy atom. The number of carbonyl (C=O) groups excluding carboxylic acids is 4. The molecule has 132 valence electrons. The Bertz CT molecular complexity index is 470. The lowest BCUT2D eigenvalue weighted by Gasteiger charge is -2.03. The molecule has 0 bridgehead atoms. The van der Waals surface area contributed by atoms with E-state index in [1.54, 1.807) is 13.8 Å². The van der Waals surface area contributed by atoms with Gasteiger partial charge in [0.2, 0.25) is 0 Å². The minimum atomic E-state index is -0.784. The van der Waals surface area contributed by atoms with Gasteiger partial charge in [-0.15, -0.1) is 0 Å². The molecule has 0 aromatic heterocycles. The molecule has 24 heavy (non-hydrogen) atoms. The average molecular weight is 340 g/mol. The first-order valence-corrected chi connectivity index (χ1v) is 7.10. The Kier molecular flexibility index (Phi) is 12.1. The molecular weight excluding hydrogens is 320 g/mol. The van der Waals surface area contributed by atoms with Crippen LogP contribution in [-0.4, -0.2) is 50.3 Å². The quantitative estimate of drug-likeness (QED) is 0.250. The maximum atomic E-state index is 11.3. The van der Waals surface area contributed by atoms with Gasteiger partial charge in [0.1, 0.15) is 26.4 Å². The second-order valence-corrected chi connectivity index (χ2v) is 4.00. The molecule has 0 saturated carbocycles. The van der Waals surface area contributed by atoms with Crippen molar-refractivity contribution in [3.8, 4) is 0 Å². The molecule has 0 aromatic rings. The molecular formula is C16H20O8. The first kappa shape index (κ1) is 21.1. The molecule has 8 heteroatoms. The molecule has 0 fully saturated rings. The highest BCUT2D eigenvalue weighted by Crippen LogP contribution is 1.89. The highest BCUT2D eigenvalue weighted by Gasteiger charge is 2.03. The molecule has 0 unspecified atom stereocenters. The van der Waals surface area contributed by atoms with Crippen LogP contribution in [0.4, 0.5) is 0 Å². The molecule has 8 nitrogen and oxygen atoms in total. The van der Waals surface area contributed by atoms with Crippen LogP contribution in [0.25, 0.3) is 0 Å². The summed E-state index contributed by atoms with van der Waals surface area (Å²) in [4.78, 5) is 44.4. The van der Waals surface area contributed by atoms with Crippen LogP contribution in [-0.2, 0) is 38.1 Å². The summed E-state index contributed by atoms with van der Waals surface area (Å²) < 4.78 is 18.8. The second kappa shape index (κ2) is 13.7. The van der Waals surface area contributed by atoms with Gasteiger partial charge in [-0.1, -0.05) is 12.2 Å². The average Bonchev–Trinajstić information content (AvgIpc) is 2.54. The predicted molar refractivity (Wildman–Crippen MR) is 82.6 cm³/mol. The van der Waals surface area contributed by atoms with Gasteiger partial charge in [-0.3, -0.25) is 0 Å². The Balaban J connectivity index is 3.79. The van der Waals surface area contributed by atoms with Crippen molar-refractivity contribution in [3.05, 3.63) is 36.5 Å². The van der Waals surface area contributed by atoms with E-state index in [2.05, 4.69) is 0 Å².